The molecular formula is C12H19N3O. The smallest absolute Gasteiger partial charge is 0.147 e. The highest BCUT2D eigenvalue weighted by atomic mass is 16.5. The Labute approximate surface area is 96.4 Å². The van der Waals surface area contributed by atoms with E-state index in [1.807, 2.05) is 13.8 Å². The summed E-state index contributed by atoms with van der Waals surface area (Å²) in [6.45, 7) is 3.95. The van der Waals surface area contributed by atoms with Gasteiger partial charge in [-0.15, -0.1) is 0 Å². The first-order chi connectivity index (χ1) is 7.69. The summed E-state index contributed by atoms with van der Waals surface area (Å²) in [5.74, 6) is 0.918. The van der Waals surface area contributed by atoms with E-state index in [9.17, 15) is 0 Å². The zero-order chi connectivity index (χ0) is 11.5. The van der Waals surface area contributed by atoms with Crippen molar-refractivity contribution >= 4 is 5.82 Å². The van der Waals surface area contributed by atoms with Gasteiger partial charge >= 0.3 is 0 Å². The number of ether oxygens (including phenoxy) is 1. The highest BCUT2D eigenvalue weighted by Gasteiger charge is 2.24. The first-order valence-corrected chi connectivity index (χ1v) is 5.78. The number of rotatable bonds is 3. The first kappa shape index (κ1) is 11.3. The summed E-state index contributed by atoms with van der Waals surface area (Å²) in [4.78, 5) is 8.78. The largest absolute Gasteiger partial charge is 0.381 e. The maximum atomic E-state index is 5.36. The minimum absolute atomic E-state index is 0.399. The van der Waals surface area contributed by atoms with Crippen LogP contribution in [-0.2, 0) is 4.74 Å². The van der Waals surface area contributed by atoms with Gasteiger partial charge in [-0.1, -0.05) is 0 Å². The summed E-state index contributed by atoms with van der Waals surface area (Å²) in [6.07, 6.45) is 5.54. The van der Waals surface area contributed by atoms with Crippen LogP contribution in [0.3, 0.4) is 0 Å². The van der Waals surface area contributed by atoms with Crippen molar-refractivity contribution in [2.75, 3.05) is 12.4 Å². The lowest BCUT2D eigenvalue weighted by atomic mass is 10.2. The Kier molecular flexibility index (Phi) is 3.39. The molecule has 1 aromatic heterocycles. The normalized spacial score (nSPS) is 24.7. The van der Waals surface area contributed by atoms with Gasteiger partial charge in [0.05, 0.1) is 17.5 Å². The molecule has 1 N–H and O–H groups in total. The molecule has 1 aliphatic carbocycles. The number of nitrogens with zero attached hydrogens (tertiary/aromatic N) is 2. The van der Waals surface area contributed by atoms with Crippen molar-refractivity contribution in [2.24, 2.45) is 0 Å². The van der Waals surface area contributed by atoms with Crippen LogP contribution in [0, 0.1) is 13.8 Å². The van der Waals surface area contributed by atoms with Crippen molar-refractivity contribution < 1.29 is 4.74 Å². The maximum Gasteiger partial charge on any atom is 0.147 e. The average Bonchev–Trinajstić information content (AvgIpc) is 2.71. The van der Waals surface area contributed by atoms with E-state index in [2.05, 4.69) is 15.3 Å². The number of aromatic nitrogens is 2. The molecule has 0 aliphatic heterocycles. The van der Waals surface area contributed by atoms with Crippen LogP contribution in [0.15, 0.2) is 6.20 Å². The van der Waals surface area contributed by atoms with E-state index in [0.717, 1.165) is 36.5 Å². The molecule has 0 aromatic carbocycles. The molecule has 0 bridgehead atoms. The molecule has 1 aliphatic rings. The molecule has 4 heteroatoms. The monoisotopic (exact) mass is 221 g/mol. The van der Waals surface area contributed by atoms with Crippen molar-refractivity contribution in [3.63, 3.8) is 0 Å². The molecule has 1 saturated carbocycles. The lowest BCUT2D eigenvalue weighted by molar-refractivity contribution is 0.108. The summed E-state index contributed by atoms with van der Waals surface area (Å²) in [6, 6.07) is 0.472. The number of aryl methyl sites for hydroxylation is 2. The first-order valence-electron chi connectivity index (χ1n) is 5.78. The van der Waals surface area contributed by atoms with Gasteiger partial charge < -0.3 is 10.1 Å². The molecular weight excluding hydrogens is 202 g/mol. The Bertz CT molecular complexity index is 367. The fraction of sp³-hybridized carbons (Fsp3) is 0.667. The van der Waals surface area contributed by atoms with E-state index in [4.69, 9.17) is 4.74 Å². The number of hydrogen-bond acceptors (Lipinski definition) is 4. The van der Waals surface area contributed by atoms with Gasteiger partial charge in [0.25, 0.3) is 0 Å². The molecule has 1 aromatic rings. The van der Waals surface area contributed by atoms with E-state index in [0.29, 0.717) is 12.1 Å². The second-order valence-corrected chi connectivity index (χ2v) is 4.46. The van der Waals surface area contributed by atoms with Crippen molar-refractivity contribution in [2.45, 2.75) is 45.3 Å². The molecule has 1 fully saturated rings. The van der Waals surface area contributed by atoms with Gasteiger partial charge in [0, 0.05) is 19.3 Å². The minimum Gasteiger partial charge on any atom is -0.381 e. The molecule has 0 saturated heterocycles. The summed E-state index contributed by atoms with van der Waals surface area (Å²) >= 11 is 0. The van der Waals surface area contributed by atoms with Crippen molar-refractivity contribution in [1.82, 2.24) is 9.97 Å². The molecule has 0 radical (unpaired) electrons. The summed E-state index contributed by atoms with van der Waals surface area (Å²) in [7, 11) is 1.78. The van der Waals surface area contributed by atoms with Crippen LogP contribution in [-0.4, -0.2) is 29.2 Å². The fourth-order valence-electron chi connectivity index (χ4n) is 2.15. The van der Waals surface area contributed by atoms with Crippen LogP contribution < -0.4 is 5.32 Å². The van der Waals surface area contributed by atoms with Crippen molar-refractivity contribution in [1.29, 1.82) is 0 Å². The lowest BCUT2D eigenvalue weighted by Crippen LogP contribution is -2.19. The topological polar surface area (TPSA) is 47.0 Å². The second kappa shape index (κ2) is 4.78. The van der Waals surface area contributed by atoms with Crippen LogP contribution in [0.4, 0.5) is 5.82 Å². The third-order valence-corrected chi connectivity index (χ3v) is 3.13. The van der Waals surface area contributed by atoms with Gasteiger partial charge in [0.1, 0.15) is 5.82 Å². The van der Waals surface area contributed by atoms with E-state index >= 15 is 0 Å². The SMILES string of the molecule is COC1CCC(Nc2nc(C)cnc2C)C1. The maximum absolute atomic E-state index is 5.36. The van der Waals surface area contributed by atoms with Crippen LogP contribution in [0.25, 0.3) is 0 Å². The van der Waals surface area contributed by atoms with Gasteiger partial charge in [-0.2, -0.15) is 0 Å². The molecule has 0 amide bonds. The van der Waals surface area contributed by atoms with Crippen LogP contribution in [0.1, 0.15) is 30.7 Å². The van der Waals surface area contributed by atoms with Gasteiger partial charge in [-0.3, -0.25) is 4.98 Å². The third kappa shape index (κ3) is 2.50. The Balaban J connectivity index is 2.01. The third-order valence-electron chi connectivity index (χ3n) is 3.13. The molecule has 1 heterocycles. The predicted octanol–water partition coefficient (Wildman–Crippen LogP) is 2.07. The molecule has 4 nitrogen and oxygen atoms in total. The summed E-state index contributed by atoms with van der Waals surface area (Å²) in [5, 5.41) is 3.46. The van der Waals surface area contributed by atoms with Crippen LogP contribution in [0.5, 0.6) is 0 Å². The molecule has 2 atom stereocenters. The zero-order valence-corrected chi connectivity index (χ0v) is 10.2. The fourth-order valence-corrected chi connectivity index (χ4v) is 2.15. The van der Waals surface area contributed by atoms with Crippen LogP contribution >= 0.6 is 0 Å². The molecule has 2 rings (SSSR count). The van der Waals surface area contributed by atoms with E-state index in [1.54, 1.807) is 13.3 Å². The standard InChI is InChI=1S/C12H19N3O/c1-8-7-13-9(2)12(14-8)15-10-4-5-11(6-10)16-3/h7,10-11H,4-6H2,1-3H3,(H,14,15). The van der Waals surface area contributed by atoms with Crippen molar-refractivity contribution in [3.05, 3.63) is 17.6 Å². The highest BCUT2D eigenvalue weighted by Crippen LogP contribution is 2.24. The summed E-state index contributed by atoms with van der Waals surface area (Å²) < 4.78 is 5.36. The van der Waals surface area contributed by atoms with Crippen molar-refractivity contribution in [3.8, 4) is 0 Å². The molecule has 16 heavy (non-hydrogen) atoms. The Morgan fingerprint density at radius 2 is 2.19 bits per heavy atom. The zero-order valence-electron chi connectivity index (χ0n) is 10.2. The van der Waals surface area contributed by atoms with Gasteiger partial charge in [0.2, 0.25) is 0 Å². The van der Waals surface area contributed by atoms with E-state index < -0.39 is 0 Å². The minimum atomic E-state index is 0.399. The van der Waals surface area contributed by atoms with Gasteiger partial charge in [-0.25, -0.2) is 4.98 Å². The number of nitrogens with one attached hydrogen (secondary N) is 1. The summed E-state index contributed by atoms with van der Waals surface area (Å²) in [5.41, 5.74) is 1.92. The van der Waals surface area contributed by atoms with E-state index in [1.165, 1.54) is 0 Å². The molecule has 2 unspecified atom stereocenters. The van der Waals surface area contributed by atoms with Gasteiger partial charge in [-0.05, 0) is 33.1 Å². The quantitative estimate of drug-likeness (QED) is 0.848. The number of methoxy groups -OCH3 is 1. The second-order valence-electron chi connectivity index (χ2n) is 4.46. The number of hydrogen-bond donors (Lipinski definition) is 1. The Hall–Kier alpha value is -1.16. The molecule has 88 valence electrons. The number of anilines is 1. The van der Waals surface area contributed by atoms with E-state index in [-0.39, 0.29) is 0 Å². The Morgan fingerprint density at radius 1 is 1.38 bits per heavy atom. The highest BCUT2D eigenvalue weighted by molar-refractivity contribution is 5.40. The Morgan fingerprint density at radius 3 is 2.88 bits per heavy atom. The van der Waals surface area contributed by atoms with Gasteiger partial charge in [0.15, 0.2) is 0 Å². The van der Waals surface area contributed by atoms with Crippen LogP contribution in [0.2, 0.25) is 0 Å². The average molecular weight is 221 g/mol. The lowest BCUT2D eigenvalue weighted by Gasteiger charge is -2.15. The molecule has 0 spiro atoms. The predicted molar refractivity (Wildman–Crippen MR) is 63.6 cm³/mol.